The molecule has 0 bridgehead atoms. The number of hydrogen-bond donors (Lipinski definition) is 0. The minimum Gasteiger partial charge on any atom is -0.200 e. The van der Waals surface area contributed by atoms with Crippen LogP contribution in [0.5, 0.6) is 0 Å². The van der Waals surface area contributed by atoms with Crippen LogP contribution in [0.1, 0.15) is 5.56 Å². The van der Waals surface area contributed by atoms with Crippen LogP contribution in [0.4, 0.5) is 5.69 Å². The van der Waals surface area contributed by atoms with Crippen molar-refractivity contribution in [3.8, 4) is 6.19 Å². The van der Waals surface area contributed by atoms with Crippen molar-refractivity contribution in [1.29, 1.82) is 5.26 Å². The Balaban J connectivity index is 2.56. The molecule has 0 saturated heterocycles. The third-order valence-electron chi connectivity index (χ3n) is 2.69. The summed E-state index contributed by atoms with van der Waals surface area (Å²) in [5, 5.41) is 9.16. The number of nitriles is 1. The van der Waals surface area contributed by atoms with Crippen molar-refractivity contribution >= 4 is 15.7 Å². The number of rotatable bonds is 3. The van der Waals surface area contributed by atoms with Crippen LogP contribution in [0.2, 0.25) is 0 Å². The largest absolute Gasteiger partial charge is 0.277 e. The molecule has 0 saturated carbocycles. The van der Waals surface area contributed by atoms with E-state index in [2.05, 4.69) is 0 Å². The summed E-state index contributed by atoms with van der Waals surface area (Å²) in [5.41, 5.74) is 0.937. The number of nitrogens with zero attached hydrogens (tertiary/aromatic N) is 2. The highest BCUT2D eigenvalue weighted by Gasteiger charge is 2.26. The molecule has 0 unspecified atom stereocenters. The molecule has 0 aliphatic heterocycles. The van der Waals surface area contributed by atoms with Crippen LogP contribution >= 0.6 is 0 Å². The molecular formula is C14H12N2O2S. The van der Waals surface area contributed by atoms with E-state index < -0.39 is 10.0 Å². The predicted molar refractivity (Wildman–Crippen MR) is 72.9 cm³/mol. The van der Waals surface area contributed by atoms with Gasteiger partial charge in [-0.2, -0.15) is 18.0 Å². The third kappa shape index (κ3) is 2.44. The molecule has 96 valence electrons. The van der Waals surface area contributed by atoms with Crippen molar-refractivity contribution in [3.63, 3.8) is 0 Å². The van der Waals surface area contributed by atoms with Gasteiger partial charge in [-0.05, 0) is 30.7 Å². The van der Waals surface area contributed by atoms with Gasteiger partial charge in [0.05, 0.1) is 10.6 Å². The first-order chi connectivity index (χ1) is 9.07. The van der Waals surface area contributed by atoms with Gasteiger partial charge in [0.1, 0.15) is 0 Å². The summed E-state index contributed by atoms with van der Waals surface area (Å²) in [4.78, 5) is 0.139. The van der Waals surface area contributed by atoms with Crippen LogP contribution in [0.25, 0.3) is 0 Å². The number of anilines is 1. The topological polar surface area (TPSA) is 61.2 Å². The van der Waals surface area contributed by atoms with Gasteiger partial charge in [-0.25, -0.2) is 0 Å². The van der Waals surface area contributed by atoms with Gasteiger partial charge in [0.25, 0.3) is 10.0 Å². The van der Waals surface area contributed by atoms with Gasteiger partial charge in [0.15, 0.2) is 6.19 Å². The molecule has 0 heterocycles. The highest BCUT2D eigenvalue weighted by molar-refractivity contribution is 7.93. The van der Waals surface area contributed by atoms with Crippen LogP contribution in [-0.4, -0.2) is 8.42 Å². The molecule has 0 N–H and O–H groups in total. The summed E-state index contributed by atoms with van der Waals surface area (Å²) >= 11 is 0. The van der Waals surface area contributed by atoms with Crippen molar-refractivity contribution in [3.05, 3.63) is 60.2 Å². The van der Waals surface area contributed by atoms with Gasteiger partial charge in [0, 0.05) is 0 Å². The normalized spacial score (nSPS) is 10.7. The Kier molecular flexibility index (Phi) is 3.54. The lowest BCUT2D eigenvalue weighted by molar-refractivity contribution is 0.595. The number of para-hydroxylation sites is 1. The maximum Gasteiger partial charge on any atom is 0.277 e. The minimum absolute atomic E-state index is 0.139. The lowest BCUT2D eigenvalue weighted by Crippen LogP contribution is -2.26. The van der Waals surface area contributed by atoms with Crippen LogP contribution in [-0.2, 0) is 10.0 Å². The number of aryl methyl sites for hydroxylation is 1. The first-order valence-corrected chi connectivity index (χ1v) is 7.07. The molecule has 19 heavy (non-hydrogen) atoms. The van der Waals surface area contributed by atoms with Crippen molar-refractivity contribution in [1.82, 2.24) is 0 Å². The second kappa shape index (κ2) is 5.12. The van der Waals surface area contributed by atoms with E-state index in [4.69, 9.17) is 5.26 Å². The zero-order valence-corrected chi connectivity index (χ0v) is 11.1. The van der Waals surface area contributed by atoms with E-state index in [-0.39, 0.29) is 4.90 Å². The quantitative estimate of drug-likeness (QED) is 0.637. The molecule has 0 aromatic heterocycles. The smallest absolute Gasteiger partial charge is 0.200 e. The third-order valence-corrected chi connectivity index (χ3v) is 4.48. The summed E-state index contributed by atoms with van der Waals surface area (Å²) in [7, 11) is -3.86. The Hall–Kier alpha value is -2.32. The Morgan fingerprint density at radius 3 is 2.16 bits per heavy atom. The van der Waals surface area contributed by atoms with E-state index in [9.17, 15) is 8.42 Å². The molecule has 2 aromatic carbocycles. The summed E-state index contributed by atoms with van der Waals surface area (Å²) in [5.74, 6) is 0. The fourth-order valence-electron chi connectivity index (χ4n) is 1.76. The van der Waals surface area contributed by atoms with Crippen molar-refractivity contribution in [2.24, 2.45) is 0 Å². The predicted octanol–water partition coefficient (Wildman–Crippen LogP) is 2.67. The molecule has 0 amide bonds. The van der Waals surface area contributed by atoms with Crippen molar-refractivity contribution in [2.75, 3.05) is 4.31 Å². The standard InChI is InChI=1S/C14H12N2O2S/c1-12-7-5-6-10-14(12)19(17,18)16(11-15)13-8-3-2-4-9-13/h2-10H,1H3. The Morgan fingerprint density at radius 1 is 1.00 bits per heavy atom. The van der Waals surface area contributed by atoms with E-state index in [1.165, 1.54) is 6.07 Å². The molecule has 5 heteroatoms. The molecule has 0 aliphatic rings. The van der Waals surface area contributed by atoms with Crippen LogP contribution in [0.3, 0.4) is 0 Å². The van der Waals surface area contributed by atoms with Crippen molar-refractivity contribution in [2.45, 2.75) is 11.8 Å². The van der Waals surface area contributed by atoms with Gasteiger partial charge < -0.3 is 0 Å². The monoisotopic (exact) mass is 272 g/mol. The van der Waals surface area contributed by atoms with Crippen molar-refractivity contribution < 1.29 is 8.42 Å². The van der Waals surface area contributed by atoms with Gasteiger partial charge in [0.2, 0.25) is 0 Å². The van der Waals surface area contributed by atoms with Gasteiger partial charge in [-0.1, -0.05) is 36.4 Å². The maximum atomic E-state index is 12.5. The first-order valence-electron chi connectivity index (χ1n) is 5.63. The average molecular weight is 272 g/mol. The lowest BCUT2D eigenvalue weighted by atomic mass is 10.2. The summed E-state index contributed by atoms with van der Waals surface area (Å²) < 4.78 is 25.7. The van der Waals surface area contributed by atoms with E-state index in [1.807, 2.05) is 0 Å². The SMILES string of the molecule is Cc1ccccc1S(=O)(=O)N(C#N)c1ccccc1. The highest BCUT2D eigenvalue weighted by Crippen LogP contribution is 2.24. The van der Waals surface area contributed by atoms with Crippen LogP contribution < -0.4 is 4.31 Å². The van der Waals surface area contributed by atoms with Crippen LogP contribution in [0, 0.1) is 18.4 Å². The second-order valence-corrected chi connectivity index (χ2v) is 5.73. The summed E-state index contributed by atoms with van der Waals surface area (Å²) in [6, 6.07) is 14.9. The fraction of sp³-hybridized carbons (Fsp3) is 0.0714. The minimum atomic E-state index is -3.86. The Labute approximate surface area is 112 Å². The lowest BCUT2D eigenvalue weighted by Gasteiger charge is -2.17. The molecule has 2 rings (SSSR count). The summed E-state index contributed by atoms with van der Waals surface area (Å²) in [6.45, 7) is 1.70. The van der Waals surface area contributed by atoms with E-state index in [0.29, 0.717) is 11.3 Å². The highest BCUT2D eigenvalue weighted by atomic mass is 32.2. The molecule has 0 aliphatic carbocycles. The Bertz CT molecular complexity index is 719. The van der Waals surface area contributed by atoms with Gasteiger partial charge in [-0.15, -0.1) is 0 Å². The molecule has 0 spiro atoms. The molecule has 4 nitrogen and oxygen atoms in total. The zero-order chi connectivity index (χ0) is 13.9. The molecule has 2 aromatic rings. The first kappa shape index (κ1) is 13.1. The Morgan fingerprint density at radius 2 is 1.58 bits per heavy atom. The number of benzene rings is 2. The molecule has 0 fully saturated rings. The van der Waals surface area contributed by atoms with Gasteiger partial charge in [-0.3, -0.25) is 0 Å². The maximum absolute atomic E-state index is 12.5. The average Bonchev–Trinajstić information content (AvgIpc) is 2.40. The second-order valence-electron chi connectivity index (χ2n) is 3.97. The summed E-state index contributed by atoms with van der Waals surface area (Å²) in [6.07, 6.45) is 1.73. The van der Waals surface area contributed by atoms with Crippen LogP contribution in [0.15, 0.2) is 59.5 Å². The van der Waals surface area contributed by atoms with E-state index >= 15 is 0 Å². The number of hydrogen-bond acceptors (Lipinski definition) is 3. The molecule has 0 radical (unpaired) electrons. The zero-order valence-electron chi connectivity index (χ0n) is 10.3. The van der Waals surface area contributed by atoms with E-state index in [1.54, 1.807) is 61.6 Å². The fourth-order valence-corrected chi connectivity index (χ4v) is 3.19. The van der Waals surface area contributed by atoms with E-state index in [0.717, 1.165) is 4.31 Å². The molecular weight excluding hydrogens is 260 g/mol. The molecule has 0 atom stereocenters. The van der Waals surface area contributed by atoms with Gasteiger partial charge >= 0.3 is 0 Å². The number of sulfonamides is 1.